The van der Waals surface area contributed by atoms with E-state index in [9.17, 15) is 18.3 Å². The summed E-state index contributed by atoms with van der Waals surface area (Å²) in [5, 5.41) is 17.1. The highest BCUT2D eigenvalue weighted by Gasteiger charge is 2.28. The van der Waals surface area contributed by atoms with E-state index in [0.717, 1.165) is 94.1 Å². The number of anilines is 1. The van der Waals surface area contributed by atoms with E-state index >= 15 is 0 Å². The lowest BCUT2D eigenvalue weighted by molar-refractivity contribution is -0.131. The van der Waals surface area contributed by atoms with E-state index in [0.29, 0.717) is 5.65 Å². The predicted molar refractivity (Wildman–Crippen MR) is 166 cm³/mol. The van der Waals surface area contributed by atoms with Gasteiger partial charge in [-0.1, -0.05) is 24.3 Å². The zero-order chi connectivity index (χ0) is 29.1. The first-order chi connectivity index (χ1) is 20.3. The van der Waals surface area contributed by atoms with Gasteiger partial charge in [0.2, 0.25) is 5.95 Å². The highest BCUT2D eigenvalue weighted by Crippen LogP contribution is 2.37. The molecule has 4 heterocycles. The van der Waals surface area contributed by atoms with Crippen molar-refractivity contribution in [3.63, 3.8) is 0 Å². The molecule has 3 aromatic rings. The first-order valence-corrected chi connectivity index (χ1v) is 15.4. The molecule has 3 N–H and O–H groups in total. The van der Waals surface area contributed by atoms with Gasteiger partial charge in [0.25, 0.3) is 0 Å². The van der Waals surface area contributed by atoms with Gasteiger partial charge in [-0.3, -0.25) is 9.80 Å². The van der Waals surface area contributed by atoms with Crippen LogP contribution in [-0.4, -0.2) is 93.6 Å². The molecule has 2 aliphatic heterocycles. The van der Waals surface area contributed by atoms with Crippen molar-refractivity contribution in [3.8, 4) is 11.1 Å². The van der Waals surface area contributed by atoms with E-state index in [1.807, 2.05) is 0 Å². The van der Waals surface area contributed by atoms with E-state index in [-0.39, 0.29) is 37.0 Å². The second-order valence-corrected chi connectivity index (χ2v) is 12.1. The summed E-state index contributed by atoms with van der Waals surface area (Å²) in [4.78, 5) is 14.2. The summed E-state index contributed by atoms with van der Waals surface area (Å²) in [6, 6.07) is 9.60. The minimum Gasteiger partial charge on any atom is -0.393 e. The second kappa shape index (κ2) is 14.1. The minimum atomic E-state index is -4.24. The van der Waals surface area contributed by atoms with Crippen LogP contribution in [0.2, 0.25) is 0 Å². The van der Waals surface area contributed by atoms with Gasteiger partial charge in [0.1, 0.15) is 5.65 Å². The van der Waals surface area contributed by atoms with Crippen LogP contribution < -0.4 is 10.6 Å². The predicted octanol–water partition coefficient (Wildman–Crippen LogP) is 5.23. The fourth-order valence-electron chi connectivity index (χ4n) is 6.78. The number of piperazine rings is 1. The summed E-state index contributed by atoms with van der Waals surface area (Å²) in [6.07, 6.45) is 3.98. The van der Waals surface area contributed by atoms with Crippen LogP contribution >= 0.6 is 12.4 Å². The largest absolute Gasteiger partial charge is 0.393 e. The van der Waals surface area contributed by atoms with Gasteiger partial charge in [0.05, 0.1) is 12.5 Å². The molecule has 12 heteroatoms. The second-order valence-electron chi connectivity index (χ2n) is 12.1. The number of hydrogen-bond acceptors (Lipinski definition) is 7. The first-order valence-electron chi connectivity index (χ1n) is 15.4. The number of fused-ring (bicyclic) bond motifs is 1. The van der Waals surface area contributed by atoms with Crippen LogP contribution in [0.3, 0.4) is 0 Å². The van der Waals surface area contributed by atoms with Crippen LogP contribution in [0.25, 0.3) is 22.2 Å². The number of piperidine rings is 1. The Morgan fingerprint density at radius 1 is 0.930 bits per heavy atom. The number of halogens is 4. The molecular formula is C31H43ClF3N7O. The summed E-state index contributed by atoms with van der Waals surface area (Å²) in [6.45, 7) is 7.37. The normalized spacial score (nSPS) is 22.9. The molecule has 6 rings (SSSR count). The topological polar surface area (TPSA) is 81.5 Å². The lowest BCUT2D eigenvalue weighted by Crippen LogP contribution is -2.52. The monoisotopic (exact) mass is 621 g/mol. The van der Waals surface area contributed by atoms with Crippen molar-refractivity contribution in [3.05, 3.63) is 42.2 Å². The highest BCUT2D eigenvalue weighted by molar-refractivity contribution is 5.94. The molecule has 236 valence electrons. The third-order valence-electron chi connectivity index (χ3n) is 9.23. The van der Waals surface area contributed by atoms with Gasteiger partial charge in [0.15, 0.2) is 0 Å². The van der Waals surface area contributed by atoms with Crippen molar-refractivity contribution in [1.82, 2.24) is 29.7 Å². The summed E-state index contributed by atoms with van der Waals surface area (Å²) in [7, 11) is 0. The van der Waals surface area contributed by atoms with E-state index in [4.69, 9.17) is 0 Å². The van der Waals surface area contributed by atoms with Crippen LogP contribution in [0.1, 0.15) is 56.6 Å². The Kier molecular flexibility index (Phi) is 10.5. The average Bonchev–Trinajstić information content (AvgIpc) is 3.37. The summed E-state index contributed by atoms with van der Waals surface area (Å²) < 4.78 is 40.2. The zero-order valence-corrected chi connectivity index (χ0v) is 25.3. The molecule has 0 bridgehead atoms. The summed E-state index contributed by atoms with van der Waals surface area (Å²) in [5.74, 6) is 0.198. The summed E-state index contributed by atoms with van der Waals surface area (Å²) >= 11 is 0. The van der Waals surface area contributed by atoms with Crippen molar-refractivity contribution >= 4 is 29.4 Å². The van der Waals surface area contributed by atoms with Crippen molar-refractivity contribution in [1.29, 1.82) is 0 Å². The SMILES string of the molecule is Cl.OC1CCC(n2cc(-c3ccc(CN4CCN(C5CCNCC5)CC4)cc3)c3cnc(NCCC(F)(F)F)nc32)CC1. The smallest absolute Gasteiger partial charge is 0.390 e. The fourth-order valence-corrected chi connectivity index (χ4v) is 6.78. The number of nitrogens with one attached hydrogen (secondary N) is 2. The van der Waals surface area contributed by atoms with E-state index in [2.05, 4.69) is 65.4 Å². The van der Waals surface area contributed by atoms with Crippen molar-refractivity contribution in [2.45, 2.75) is 75.9 Å². The number of aliphatic hydroxyl groups excluding tert-OH is 1. The zero-order valence-electron chi connectivity index (χ0n) is 24.5. The molecule has 1 aliphatic carbocycles. The Morgan fingerprint density at radius 3 is 2.30 bits per heavy atom. The fraction of sp³-hybridized carbons (Fsp3) is 0.613. The molecule has 0 unspecified atom stereocenters. The average molecular weight is 622 g/mol. The van der Waals surface area contributed by atoms with Gasteiger partial charge < -0.3 is 20.3 Å². The van der Waals surface area contributed by atoms with Gasteiger partial charge in [-0.05, 0) is 62.7 Å². The standard InChI is InChI=1S/C31H42F3N7O.ClH/c32-31(33,34)11-14-36-30-37-19-27-28(21-41(29(27)38-30)25-5-7-26(42)8-6-25)23-3-1-22(2-4-23)20-39-15-17-40(18-16-39)24-9-12-35-13-10-24;/h1-4,19,21,24-26,35,42H,5-18,20H2,(H,36,37,38);1H. The van der Waals surface area contributed by atoms with Gasteiger partial charge in [-0.2, -0.15) is 18.2 Å². The molecule has 43 heavy (non-hydrogen) atoms. The maximum Gasteiger partial charge on any atom is 0.390 e. The Labute approximate surface area is 257 Å². The number of nitrogens with zero attached hydrogens (tertiary/aromatic N) is 5. The quantitative estimate of drug-likeness (QED) is 0.318. The third-order valence-corrected chi connectivity index (χ3v) is 9.23. The van der Waals surface area contributed by atoms with E-state index in [1.54, 1.807) is 6.20 Å². The number of hydrogen-bond donors (Lipinski definition) is 3. The molecule has 0 spiro atoms. The Bertz CT molecular complexity index is 1310. The molecular weight excluding hydrogens is 579 g/mol. The highest BCUT2D eigenvalue weighted by atomic mass is 35.5. The number of alkyl halides is 3. The number of aromatic nitrogens is 3. The molecule has 2 aromatic heterocycles. The van der Waals surface area contributed by atoms with Gasteiger partial charge in [-0.15, -0.1) is 12.4 Å². The first kappa shape index (κ1) is 32.0. The van der Waals surface area contributed by atoms with E-state index in [1.165, 1.54) is 18.4 Å². The molecule has 0 amide bonds. The van der Waals surface area contributed by atoms with Crippen LogP contribution in [0.4, 0.5) is 19.1 Å². The van der Waals surface area contributed by atoms with Crippen molar-refractivity contribution in [2.24, 2.45) is 0 Å². The molecule has 3 fully saturated rings. The number of benzene rings is 1. The van der Waals surface area contributed by atoms with Crippen LogP contribution in [0, 0.1) is 0 Å². The molecule has 0 atom stereocenters. The van der Waals surface area contributed by atoms with Gasteiger partial charge >= 0.3 is 6.18 Å². The number of rotatable bonds is 8. The van der Waals surface area contributed by atoms with Crippen molar-refractivity contribution in [2.75, 3.05) is 51.1 Å². The molecule has 8 nitrogen and oxygen atoms in total. The molecule has 3 aliphatic rings. The molecule has 1 saturated carbocycles. The van der Waals surface area contributed by atoms with Crippen LogP contribution in [0.5, 0.6) is 0 Å². The molecule has 1 aromatic carbocycles. The summed E-state index contributed by atoms with van der Waals surface area (Å²) in [5.41, 5.74) is 4.08. The minimum absolute atomic E-state index is 0. The van der Waals surface area contributed by atoms with Gasteiger partial charge in [0, 0.05) is 74.7 Å². The Balaban J connectivity index is 0.00000368. The lowest BCUT2D eigenvalue weighted by atomic mass is 9.93. The van der Waals surface area contributed by atoms with E-state index < -0.39 is 12.6 Å². The third kappa shape index (κ3) is 7.99. The lowest BCUT2D eigenvalue weighted by Gasteiger charge is -2.40. The Morgan fingerprint density at radius 2 is 1.63 bits per heavy atom. The molecule has 0 radical (unpaired) electrons. The van der Waals surface area contributed by atoms with Crippen LogP contribution in [-0.2, 0) is 6.54 Å². The number of aliphatic hydroxyl groups is 1. The Hall–Kier alpha value is -2.44. The van der Waals surface area contributed by atoms with Crippen molar-refractivity contribution < 1.29 is 18.3 Å². The molecule has 2 saturated heterocycles. The van der Waals surface area contributed by atoms with Crippen LogP contribution in [0.15, 0.2) is 36.7 Å². The maximum atomic E-state index is 12.7. The van der Waals surface area contributed by atoms with Gasteiger partial charge in [-0.25, -0.2) is 4.98 Å². The maximum absolute atomic E-state index is 12.7.